The zero-order valence-corrected chi connectivity index (χ0v) is 13.3. The first-order chi connectivity index (χ1) is 11.0. The van der Waals surface area contributed by atoms with Gasteiger partial charge in [-0.05, 0) is 36.6 Å². The van der Waals surface area contributed by atoms with Crippen LogP contribution in [0.2, 0.25) is 0 Å². The largest absolute Gasteiger partial charge is 0.379 e. The number of amides is 1. The smallest absolute Gasteiger partial charge is 0.257 e. The van der Waals surface area contributed by atoms with Gasteiger partial charge in [0.2, 0.25) is 0 Å². The molecule has 23 heavy (non-hydrogen) atoms. The van der Waals surface area contributed by atoms with E-state index >= 15 is 0 Å². The van der Waals surface area contributed by atoms with Crippen molar-refractivity contribution in [2.45, 2.75) is 25.5 Å². The Bertz CT molecular complexity index is 683. The second kappa shape index (κ2) is 6.52. The van der Waals surface area contributed by atoms with Gasteiger partial charge in [0.1, 0.15) is 0 Å². The van der Waals surface area contributed by atoms with Crippen LogP contribution in [0.1, 0.15) is 18.1 Å². The van der Waals surface area contributed by atoms with E-state index in [4.69, 9.17) is 0 Å². The number of aliphatic hydroxyl groups is 1. The van der Waals surface area contributed by atoms with Crippen LogP contribution in [0, 0.1) is 0 Å². The normalized spacial score (nSPS) is 17.1. The summed E-state index contributed by atoms with van der Waals surface area (Å²) in [7, 11) is 0. The third-order valence-corrected chi connectivity index (χ3v) is 4.26. The van der Waals surface area contributed by atoms with Crippen molar-refractivity contribution >= 4 is 11.6 Å². The average molecular weight is 310 g/mol. The third kappa shape index (κ3) is 3.78. The Morgan fingerprint density at radius 1 is 1.13 bits per heavy atom. The van der Waals surface area contributed by atoms with Crippen LogP contribution in [-0.2, 0) is 17.8 Å². The Balaban J connectivity index is 1.63. The highest BCUT2D eigenvalue weighted by molar-refractivity contribution is 5.97. The van der Waals surface area contributed by atoms with E-state index in [1.54, 1.807) is 6.92 Å². The number of rotatable bonds is 4. The summed E-state index contributed by atoms with van der Waals surface area (Å²) >= 11 is 0. The molecule has 0 spiro atoms. The number of carbonyl (C=O) groups excluding carboxylic acids is 1. The van der Waals surface area contributed by atoms with Crippen molar-refractivity contribution in [2.24, 2.45) is 0 Å². The van der Waals surface area contributed by atoms with Crippen LogP contribution in [0.15, 0.2) is 54.6 Å². The van der Waals surface area contributed by atoms with Gasteiger partial charge in [0.15, 0.2) is 5.60 Å². The Hall–Kier alpha value is -2.17. The number of hydrogen-bond acceptors (Lipinski definition) is 3. The number of nitrogens with zero attached hydrogens (tertiary/aromatic N) is 1. The Morgan fingerprint density at radius 2 is 1.78 bits per heavy atom. The van der Waals surface area contributed by atoms with Crippen LogP contribution in [0.3, 0.4) is 0 Å². The van der Waals surface area contributed by atoms with Crippen LogP contribution in [0.4, 0.5) is 5.69 Å². The predicted octanol–water partition coefficient (Wildman–Crippen LogP) is 2.43. The van der Waals surface area contributed by atoms with Gasteiger partial charge in [-0.2, -0.15) is 0 Å². The summed E-state index contributed by atoms with van der Waals surface area (Å²) in [6.45, 7) is 3.52. The highest BCUT2D eigenvalue weighted by atomic mass is 16.3. The van der Waals surface area contributed by atoms with E-state index in [2.05, 4.69) is 28.4 Å². The summed E-state index contributed by atoms with van der Waals surface area (Å²) in [4.78, 5) is 14.5. The zero-order chi connectivity index (χ0) is 16.3. The standard InChI is InChI=1S/C19H22N2O2/c1-19(23,18(22)20-17-9-3-2-4-10-17)14-21-12-11-15-7-5-6-8-16(15)13-21/h2-10,23H,11-14H2,1H3,(H,20,22). The number of hydrogen-bond donors (Lipinski definition) is 2. The molecule has 0 saturated carbocycles. The monoisotopic (exact) mass is 310 g/mol. The number of anilines is 1. The summed E-state index contributed by atoms with van der Waals surface area (Å²) in [6.07, 6.45) is 0.951. The van der Waals surface area contributed by atoms with Crippen molar-refractivity contribution in [3.8, 4) is 0 Å². The minimum atomic E-state index is -1.43. The molecular formula is C19H22N2O2. The molecule has 2 N–H and O–H groups in total. The molecule has 0 saturated heterocycles. The zero-order valence-electron chi connectivity index (χ0n) is 13.3. The van der Waals surface area contributed by atoms with Crippen LogP contribution in [0.5, 0.6) is 0 Å². The Kier molecular flexibility index (Phi) is 4.46. The minimum Gasteiger partial charge on any atom is -0.379 e. The van der Waals surface area contributed by atoms with Gasteiger partial charge in [0.05, 0.1) is 0 Å². The topological polar surface area (TPSA) is 52.6 Å². The molecule has 4 heteroatoms. The molecule has 1 unspecified atom stereocenters. The lowest BCUT2D eigenvalue weighted by Gasteiger charge is -2.34. The number of fused-ring (bicyclic) bond motifs is 1. The number of carbonyl (C=O) groups is 1. The average Bonchev–Trinajstić information content (AvgIpc) is 2.55. The van der Waals surface area contributed by atoms with Gasteiger partial charge in [0, 0.05) is 25.3 Å². The Morgan fingerprint density at radius 3 is 2.52 bits per heavy atom. The molecule has 1 aliphatic heterocycles. The van der Waals surface area contributed by atoms with E-state index < -0.39 is 5.60 Å². The van der Waals surface area contributed by atoms with E-state index in [1.165, 1.54) is 11.1 Å². The molecule has 0 aromatic heterocycles. The Labute approximate surface area is 136 Å². The van der Waals surface area contributed by atoms with Crippen molar-refractivity contribution in [1.82, 2.24) is 4.90 Å². The first-order valence-electron chi connectivity index (χ1n) is 7.93. The highest BCUT2D eigenvalue weighted by Crippen LogP contribution is 2.21. The first-order valence-corrected chi connectivity index (χ1v) is 7.93. The van der Waals surface area contributed by atoms with Crippen molar-refractivity contribution in [2.75, 3.05) is 18.4 Å². The molecule has 0 radical (unpaired) electrons. The fraction of sp³-hybridized carbons (Fsp3) is 0.316. The number of benzene rings is 2. The molecule has 0 bridgehead atoms. The molecule has 2 aromatic carbocycles. The van der Waals surface area contributed by atoms with Gasteiger partial charge in [-0.3, -0.25) is 9.69 Å². The molecule has 1 atom stereocenters. The maximum atomic E-state index is 12.4. The second-order valence-electron chi connectivity index (χ2n) is 6.32. The van der Waals surface area contributed by atoms with Crippen molar-refractivity contribution < 1.29 is 9.90 Å². The van der Waals surface area contributed by atoms with Crippen LogP contribution in [0.25, 0.3) is 0 Å². The molecule has 4 nitrogen and oxygen atoms in total. The van der Waals surface area contributed by atoms with Gasteiger partial charge in [0.25, 0.3) is 5.91 Å². The lowest BCUT2D eigenvalue weighted by molar-refractivity contribution is -0.134. The van der Waals surface area contributed by atoms with Gasteiger partial charge in [-0.1, -0.05) is 42.5 Å². The number of nitrogens with one attached hydrogen (secondary N) is 1. The summed E-state index contributed by atoms with van der Waals surface area (Å²) in [5.41, 5.74) is 1.90. The molecule has 0 fully saturated rings. The van der Waals surface area contributed by atoms with Gasteiger partial charge < -0.3 is 10.4 Å². The van der Waals surface area contributed by atoms with Crippen molar-refractivity contribution in [1.29, 1.82) is 0 Å². The molecule has 1 amide bonds. The summed E-state index contributed by atoms with van der Waals surface area (Å²) in [5.74, 6) is -0.373. The molecule has 0 aliphatic carbocycles. The fourth-order valence-corrected chi connectivity index (χ4v) is 2.98. The van der Waals surface area contributed by atoms with Gasteiger partial charge in [-0.25, -0.2) is 0 Å². The first kappa shape index (κ1) is 15.7. The maximum Gasteiger partial charge on any atom is 0.257 e. The lowest BCUT2D eigenvalue weighted by Crippen LogP contribution is -2.50. The minimum absolute atomic E-state index is 0.319. The van der Waals surface area contributed by atoms with Crippen LogP contribution >= 0.6 is 0 Å². The number of para-hydroxylation sites is 1. The third-order valence-electron chi connectivity index (χ3n) is 4.26. The van der Waals surface area contributed by atoms with Crippen LogP contribution in [-0.4, -0.2) is 34.6 Å². The summed E-state index contributed by atoms with van der Waals surface area (Å²) < 4.78 is 0. The molecule has 3 rings (SSSR count). The van der Waals surface area contributed by atoms with Gasteiger partial charge in [-0.15, -0.1) is 0 Å². The van der Waals surface area contributed by atoms with Crippen LogP contribution < -0.4 is 5.32 Å². The summed E-state index contributed by atoms with van der Waals surface area (Å²) in [5, 5.41) is 13.4. The SMILES string of the molecule is CC(O)(CN1CCc2ccccc2C1)C(=O)Nc1ccccc1. The molecule has 1 aliphatic rings. The molecular weight excluding hydrogens is 288 g/mol. The highest BCUT2D eigenvalue weighted by Gasteiger charge is 2.33. The van der Waals surface area contributed by atoms with E-state index in [9.17, 15) is 9.90 Å². The van der Waals surface area contributed by atoms with Gasteiger partial charge >= 0.3 is 0 Å². The lowest BCUT2D eigenvalue weighted by atomic mass is 9.97. The summed E-state index contributed by atoms with van der Waals surface area (Å²) in [6, 6.07) is 17.6. The van der Waals surface area contributed by atoms with E-state index in [0.29, 0.717) is 12.2 Å². The number of β-amino-alcohol motifs (C(OH)–C–C–N with tert-alkyl or cyclic N) is 1. The quantitative estimate of drug-likeness (QED) is 0.912. The fourth-order valence-electron chi connectivity index (χ4n) is 2.98. The second-order valence-corrected chi connectivity index (χ2v) is 6.32. The predicted molar refractivity (Wildman–Crippen MR) is 91.1 cm³/mol. The molecule has 2 aromatic rings. The maximum absolute atomic E-state index is 12.4. The van der Waals surface area contributed by atoms with E-state index in [-0.39, 0.29) is 5.91 Å². The molecule has 1 heterocycles. The van der Waals surface area contributed by atoms with Crippen molar-refractivity contribution in [3.63, 3.8) is 0 Å². The van der Waals surface area contributed by atoms with Crippen molar-refractivity contribution in [3.05, 3.63) is 65.7 Å². The van der Waals surface area contributed by atoms with E-state index in [0.717, 1.165) is 19.5 Å². The van der Waals surface area contributed by atoms with E-state index in [1.807, 2.05) is 36.4 Å². The molecule has 120 valence electrons.